The molecule has 1 aromatic heterocycles. The van der Waals surface area contributed by atoms with E-state index in [1.54, 1.807) is 0 Å². The van der Waals surface area contributed by atoms with Gasteiger partial charge in [-0.05, 0) is 24.4 Å². The van der Waals surface area contributed by atoms with Gasteiger partial charge < -0.3 is 10.0 Å². The molecule has 0 unspecified atom stereocenters. The summed E-state index contributed by atoms with van der Waals surface area (Å²) in [6, 6.07) is 1.25. The Balaban J connectivity index is 1.85. The highest BCUT2D eigenvalue weighted by atomic mass is 32.2. The predicted molar refractivity (Wildman–Crippen MR) is 79.1 cm³/mol. The van der Waals surface area contributed by atoms with E-state index in [2.05, 4.69) is 18.9 Å². The Bertz CT molecular complexity index is 684. The van der Waals surface area contributed by atoms with E-state index in [-0.39, 0.29) is 15.2 Å². The van der Waals surface area contributed by atoms with Gasteiger partial charge in [0.25, 0.3) is 10.0 Å². The zero-order chi connectivity index (χ0) is 15.4. The smallest absolute Gasteiger partial charge is 0.336 e. The lowest BCUT2D eigenvalue weighted by atomic mass is 9.83. The van der Waals surface area contributed by atoms with Crippen molar-refractivity contribution in [1.29, 1.82) is 0 Å². The van der Waals surface area contributed by atoms with E-state index in [9.17, 15) is 13.2 Å². The van der Waals surface area contributed by atoms with Gasteiger partial charge in [-0.25, -0.2) is 13.2 Å². The summed E-state index contributed by atoms with van der Waals surface area (Å²) in [5.74, 6) is -0.754. The van der Waals surface area contributed by atoms with Gasteiger partial charge in [-0.1, -0.05) is 6.92 Å². The first-order chi connectivity index (χ1) is 9.72. The van der Waals surface area contributed by atoms with Crippen molar-refractivity contribution in [3.05, 3.63) is 17.0 Å². The van der Waals surface area contributed by atoms with Gasteiger partial charge in [-0.2, -0.15) is 4.31 Å². The van der Waals surface area contributed by atoms with E-state index in [1.807, 2.05) is 0 Å². The third-order valence-corrected chi connectivity index (χ3v) is 7.75. The highest BCUT2D eigenvalue weighted by molar-refractivity contribution is 7.91. The quantitative estimate of drug-likeness (QED) is 0.895. The standard InChI is InChI=1S/C13H18N2O4S2/c1-13-7-14(2)4-10(13)5-15(8-13)21(18,19)11-3-9(6-20-11)12(16)17/h3,6,10H,4-5,7-8H2,1-2H3,(H,16,17)/t10-,13+/m1/s1. The second-order valence-corrected chi connectivity index (χ2v) is 9.38. The van der Waals surface area contributed by atoms with Crippen molar-refractivity contribution < 1.29 is 18.3 Å². The van der Waals surface area contributed by atoms with Gasteiger partial charge in [0.05, 0.1) is 5.56 Å². The fourth-order valence-electron chi connectivity index (χ4n) is 3.45. The average molecular weight is 330 g/mol. The summed E-state index contributed by atoms with van der Waals surface area (Å²) in [7, 11) is -1.52. The number of nitrogens with zero attached hydrogens (tertiary/aromatic N) is 2. The topological polar surface area (TPSA) is 77.9 Å². The Kier molecular flexibility index (Phi) is 3.40. The summed E-state index contributed by atoms with van der Waals surface area (Å²) in [5.41, 5.74) is 0.0261. The Morgan fingerprint density at radius 3 is 2.71 bits per heavy atom. The Morgan fingerprint density at radius 2 is 2.14 bits per heavy atom. The van der Waals surface area contributed by atoms with Crippen molar-refractivity contribution in [2.75, 3.05) is 33.2 Å². The van der Waals surface area contributed by atoms with E-state index < -0.39 is 16.0 Å². The van der Waals surface area contributed by atoms with Crippen LogP contribution in [0.25, 0.3) is 0 Å². The minimum atomic E-state index is -3.58. The summed E-state index contributed by atoms with van der Waals surface area (Å²) in [4.78, 5) is 13.1. The van der Waals surface area contributed by atoms with Crippen molar-refractivity contribution in [3.8, 4) is 0 Å². The zero-order valence-corrected chi connectivity index (χ0v) is 13.6. The number of carboxylic acid groups (broad SMARTS) is 1. The minimum absolute atomic E-state index is 0.00525. The van der Waals surface area contributed by atoms with Crippen LogP contribution in [0.3, 0.4) is 0 Å². The lowest BCUT2D eigenvalue weighted by Crippen LogP contribution is -2.34. The summed E-state index contributed by atoms with van der Waals surface area (Å²) in [5, 5.41) is 10.3. The van der Waals surface area contributed by atoms with Crippen LogP contribution in [0.1, 0.15) is 17.3 Å². The number of rotatable bonds is 3. The van der Waals surface area contributed by atoms with Crippen molar-refractivity contribution in [1.82, 2.24) is 9.21 Å². The summed E-state index contributed by atoms with van der Waals surface area (Å²) in [6.07, 6.45) is 0. The Morgan fingerprint density at radius 1 is 1.43 bits per heavy atom. The molecule has 2 aliphatic rings. The molecule has 2 atom stereocenters. The Hall–Kier alpha value is -0.960. The number of aromatic carboxylic acids is 1. The first-order valence-electron chi connectivity index (χ1n) is 6.73. The molecule has 3 rings (SSSR count). The largest absolute Gasteiger partial charge is 0.478 e. The molecule has 0 spiro atoms. The number of carbonyl (C=O) groups is 1. The van der Waals surface area contributed by atoms with Gasteiger partial charge in [-0.3, -0.25) is 0 Å². The van der Waals surface area contributed by atoms with Crippen LogP contribution >= 0.6 is 11.3 Å². The van der Waals surface area contributed by atoms with Crippen molar-refractivity contribution >= 4 is 27.3 Å². The Labute approximate surface area is 128 Å². The van der Waals surface area contributed by atoms with Crippen LogP contribution in [0.2, 0.25) is 0 Å². The fraction of sp³-hybridized carbons (Fsp3) is 0.615. The molecule has 1 aromatic rings. The lowest BCUT2D eigenvalue weighted by Gasteiger charge is -2.23. The monoisotopic (exact) mass is 330 g/mol. The van der Waals surface area contributed by atoms with Gasteiger partial charge in [0.15, 0.2) is 0 Å². The maximum absolute atomic E-state index is 12.7. The first kappa shape index (κ1) is 15.0. The molecule has 0 aromatic carbocycles. The van der Waals surface area contributed by atoms with Gasteiger partial charge in [0.1, 0.15) is 4.21 Å². The third kappa shape index (κ3) is 2.40. The van der Waals surface area contributed by atoms with Crippen LogP contribution < -0.4 is 0 Å². The van der Waals surface area contributed by atoms with E-state index >= 15 is 0 Å². The van der Waals surface area contributed by atoms with E-state index in [0.29, 0.717) is 19.0 Å². The zero-order valence-electron chi connectivity index (χ0n) is 11.9. The van der Waals surface area contributed by atoms with Crippen LogP contribution in [0.15, 0.2) is 15.7 Å². The summed E-state index contributed by atoms with van der Waals surface area (Å²) >= 11 is 0.978. The third-order valence-electron chi connectivity index (χ3n) is 4.53. The molecule has 2 aliphatic heterocycles. The molecule has 3 heterocycles. The fourth-order valence-corrected chi connectivity index (χ4v) is 6.38. The van der Waals surface area contributed by atoms with Gasteiger partial charge in [-0.15, -0.1) is 11.3 Å². The molecule has 0 bridgehead atoms. The maximum Gasteiger partial charge on any atom is 0.336 e. The molecule has 8 heteroatoms. The number of hydrogen-bond donors (Lipinski definition) is 1. The SMILES string of the molecule is CN1C[C@@H]2CN(S(=O)(=O)c3cc(C(=O)O)cs3)C[C@]2(C)C1. The molecule has 0 aliphatic carbocycles. The van der Waals surface area contributed by atoms with Crippen molar-refractivity contribution in [3.63, 3.8) is 0 Å². The van der Waals surface area contributed by atoms with E-state index in [0.717, 1.165) is 24.4 Å². The van der Waals surface area contributed by atoms with Gasteiger partial charge >= 0.3 is 5.97 Å². The van der Waals surface area contributed by atoms with Crippen molar-refractivity contribution in [2.45, 2.75) is 11.1 Å². The number of fused-ring (bicyclic) bond motifs is 1. The molecular formula is C13H18N2O4S2. The highest BCUT2D eigenvalue weighted by Gasteiger charge is 2.51. The molecule has 2 fully saturated rings. The van der Waals surface area contributed by atoms with Crippen LogP contribution in [0, 0.1) is 11.3 Å². The molecule has 0 amide bonds. The molecular weight excluding hydrogens is 312 g/mol. The van der Waals surface area contributed by atoms with Crippen LogP contribution in [-0.4, -0.2) is 61.9 Å². The number of likely N-dealkylation sites (tertiary alicyclic amines) is 1. The molecule has 2 saturated heterocycles. The maximum atomic E-state index is 12.7. The summed E-state index contributed by atoms with van der Waals surface area (Å²) < 4.78 is 26.9. The molecule has 0 radical (unpaired) electrons. The van der Waals surface area contributed by atoms with Crippen LogP contribution in [-0.2, 0) is 10.0 Å². The molecule has 21 heavy (non-hydrogen) atoms. The van der Waals surface area contributed by atoms with E-state index in [1.165, 1.54) is 15.8 Å². The second kappa shape index (κ2) is 4.77. The van der Waals surface area contributed by atoms with Gasteiger partial charge in [0, 0.05) is 31.6 Å². The normalized spacial score (nSPS) is 30.7. The second-order valence-electron chi connectivity index (χ2n) is 6.30. The first-order valence-corrected chi connectivity index (χ1v) is 9.05. The minimum Gasteiger partial charge on any atom is -0.478 e. The number of sulfonamides is 1. The average Bonchev–Trinajstić information content (AvgIpc) is 3.00. The van der Waals surface area contributed by atoms with E-state index in [4.69, 9.17) is 5.11 Å². The highest BCUT2D eigenvalue weighted by Crippen LogP contribution is 2.43. The predicted octanol–water partition coefficient (Wildman–Crippen LogP) is 1.02. The van der Waals surface area contributed by atoms with Crippen LogP contribution in [0.5, 0.6) is 0 Å². The molecule has 1 N–H and O–H groups in total. The molecule has 0 saturated carbocycles. The van der Waals surface area contributed by atoms with Gasteiger partial charge in [0.2, 0.25) is 0 Å². The summed E-state index contributed by atoms with van der Waals surface area (Å²) in [6.45, 7) is 4.96. The lowest BCUT2D eigenvalue weighted by molar-refractivity contribution is 0.0697. The molecule has 116 valence electrons. The number of carboxylic acids is 1. The van der Waals surface area contributed by atoms with Crippen LogP contribution in [0.4, 0.5) is 0 Å². The van der Waals surface area contributed by atoms with Crippen molar-refractivity contribution in [2.24, 2.45) is 11.3 Å². The molecule has 6 nitrogen and oxygen atoms in total. The number of hydrogen-bond acceptors (Lipinski definition) is 5. The number of thiophene rings is 1.